The number of amides is 2. The molecule has 7 heteroatoms. The van der Waals surface area contributed by atoms with E-state index in [2.05, 4.69) is 10.6 Å². The first kappa shape index (κ1) is 19.8. The van der Waals surface area contributed by atoms with Crippen LogP contribution in [0.1, 0.15) is 31.4 Å². The van der Waals surface area contributed by atoms with Gasteiger partial charge in [0.15, 0.2) is 6.61 Å². The Labute approximate surface area is 163 Å². The normalized spacial score (nSPS) is 18.9. The minimum atomic E-state index is -0.365. The van der Waals surface area contributed by atoms with E-state index in [9.17, 15) is 14.0 Å². The molecule has 28 heavy (non-hydrogen) atoms. The van der Waals surface area contributed by atoms with Gasteiger partial charge in [-0.2, -0.15) is 0 Å². The van der Waals surface area contributed by atoms with Gasteiger partial charge >= 0.3 is 0 Å². The van der Waals surface area contributed by atoms with Gasteiger partial charge in [-0.3, -0.25) is 9.59 Å². The first-order valence-corrected chi connectivity index (χ1v) is 9.17. The van der Waals surface area contributed by atoms with E-state index >= 15 is 0 Å². The van der Waals surface area contributed by atoms with Crippen LogP contribution in [0.4, 0.5) is 10.1 Å². The summed E-state index contributed by atoms with van der Waals surface area (Å²) in [5.41, 5.74) is 1.50. The zero-order valence-electron chi connectivity index (χ0n) is 15.6. The topological polar surface area (TPSA) is 76.7 Å². The van der Waals surface area contributed by atoms with Crippen molar-refractivity contribution in [3.8, 4) is 5.75 Å². The summed E-state index contributed by atoms with van der Waals surface area (Å²) >= 11 is 0. The highest BCUT2D eigenvalue weighted by Crippen LogP contribution is 2.32. The van der Waals surface area contributed by atoms with Crippen LogP contribution in [-0.2, 0) is 14.3 Å². The fraction of sp³-hybridized carbons (Fsp3) is 0.333. The fourth-order valence-electron chi connectivity index (χ4n) is 3.19. The van der Waals surface area contributed by atoms with Crippen LogP contribution in [0.3, 0.4) is 0 Å². The van der Waals surface area contributed by atoms with Crippen LogP contribution in [-0.4, -0.2) is 31.1 Å². The van der Waals surface area contributed by atoms with Crippen molar-refractivity contribution in [2.75, 3.05) is 18.5 Å². The van der Waals surface area contributed by atoms with Crippen LogP contribution < -0.4 is 15.4 Å². The van der Waals surface area contributed by atoms with Gasteiger partial charge in [-0.25, -0.2) is 4.39 Å². The third kappa shape index (κ3) is 5.53. The predicted octanol–water partition coefficient (Wildman–Crippen LogP) is 3.20. The minimum Gasteiger partial charge on any atom is -0.484 e. The van der Waals surface area contributed by atoms with Crippen molar-refractivity contribution in [1.82, 2.24) is 5.32 Å². The molecule has 1 heterocycles. The molecule has 2 N–H and O–H groups in total. The summed E-state index contributed by atoms with van der Waals surface area (Å²) in [4.78, 5) is 23.6. The van der Waals surface area contributed by atoms with E-state index in [0.717, 1.165) is 12.0 Å². The molecule has 148 valence electrons. The summed E-state index contributed by atoms with van der Waals surface area (Å²) in [7, 11) is 0. The van der Waals surface area contributed by atoms with Crippen LogP contribution in [0, 0.1) is 5.82 Å². The lowest BCUT2D eigenvalue weighted by Crippen LogP contribution is -2.38. The van der Waals surface area contributed by atoms with Gasteiger partial charge < -0.3 is 20.1 Å². The van der Waals surface area contributed by atoms with Crippen molar-refractivity contribution in [2.24, 2.45) is 0 Å². The number of ether oxygens (including phenoxy) is 2. The van der Waals surface area contributed by atoms with Gasteiger partial charge in [0.25, 0.3) is 5.91 Å². The number of hydrogen-bond acceptors (Lipinski definition) is 4. The molecule has 1 saturated heterocycles. The first-order chi connectivity index (χ1) is 13.5. The average Bonchev–Trinajstić information content (AvgIpc) is 2.68. The van der Waals surface area contributed by atoms with E-state index in [1.165, 1.54) is 31.2 Å². The van der Waals surface area contributed by atoms with Crippen molar-refractivity contribution in [3.63, 3.8) is 0 Å². The highest BCUT2D eigenvalue weighted by Gasteiger charge is 2.26. The maximum Gasteiger partial charge on any atom is 0.262 e. The van der Waals surface area contributed by atoms with Gasteiger partial charge in [-0.1, -0.05) is 18.2 Å². The second-order valence-corrected chi connectivity index (χ2v) is 6.66. The first-order valence-electron chi connectivity index (χ1n) is 9.17. The maximum atomic E-state index is 12.9. The summed E-state index contributed by atoms with van der Waals surface area (Å²) in [6.07, 6.45) is 1.18. The highest BCUT2D eigenvalue weighted by atomic mass is 19.1. The lowest BCUT2D eigenvalue weighted by molar-refractivity contribution is -0.120. The Balaban J connectivity index is 1.62. The average molecular weight is 386 g/mol. The second kappa shape index (κ2) is 9.32. The number of carbonyl (C=O) groups excluding carboxylic acids is 2. The largest absolute Gasteiger partial charge is 0.484 e. The molecule has 0 unspecified atom stereocenters. The maximum absolute atomic E-state index is 12.9. The molecule has 0 aromatic heterocycles. The number of halogens is 1. The summed E-state index contributed by atoms with van der Waals surface area (Å²) in [6.45, 7) is 1.84. The zero-order chi connectivity index (χ0) is 19.9. The number of rotatable bonds is 6. The Bertz CT molecular complexity index is 825. The summed E-state index contributed by atoms with van der Waals surface area (Å²) in [6, 6.07) is 12.9. The third-order valence-electron chi connectivity index (χ3n) is 4.46. The molecule has 6 nitrogen and oxygen atoms in total. The van der Waals surface area contributed by atoms with E-state index in [-0.39, 0.29) is 36.4 Å². The van der Waals surface area contributed by atoms with Gasteiger partial charge in [-0.05, 0) is 43.2 Å². The number of hydrogen-bond donors (Lipinski definition) is 2. The molecule has 1 aliphatic rings. The molecule has 0 radical (unpaired) electrons. The second-order valence-electron chi connectivity index (χ2n) is 6.66. The number of anilines is 1. The van der Waals surface area contributed by atoms with E-state index in [1.54, 1.807) is 6.07 Å². The summed E-state index contributed by atoms with van der Waals surface area (Å²) < 4.78 is 24.2. The Morgan fingerprint density at radius 3 is 2.68 bits per heavy atom. The zero-order valence-corrected chi connectivity index (χ0v) is 15.6. The molecule has 0 spiro atoms. The van der Waals surface area contributed by atoms with Crippen molar-refractivity contribution in [3.05, 3.63) is 59.9 Å². The number of nitrogens with one attached hydrogen (secondary N) is 2. The van der Waals surface area contributed by atoms with Gasteiger partial charge in [0.1, 0.15) is 11.6 Å². The van der Waals surface area contributed by atoms with Crippen molar-refractivity contribution >= 4 is 17.5 Å². The molecule has 2 aromatic rings. The SMILES string of the molecule is CC(=O)N[C@@H]1CCO[C@H](c2ccccc2NC(=O)COc2ccc(F)cc2)C1. The van der Waals surface area contributed by atoms with E-state index < -0.39 is 0 Å². The van der Waals surface area contributed by atoms with Crippen molar-refractivity contribution in [1.29, 1.82) is 0 Å². The molecule has 1 fully saturated rings. The summed E-state index contributed by atoms with van der Waals surface area (Å²) in [5, 5.41) is 5.77. The molecular weight excluding hydrogens is 363 g/mol. The van der Waals surface area contributed by atoms with Crippen LogP contribution in [0.2, 0.25) is 0 Å². The lowest BCUT2D eigenvalue weighted by Gasteiger charge is -2.31. The minimum absolute atomic E-state index is 0.0433. The standard InChI is InChI=1S/C21H23FN2O4/c1-14(25)23-16-10-11-27-20(12-16)18-4-2-3-5-19(18)24-21(26)13-28-17-8-6-15(22)7-9-17/h2-9,16,20H,10-13H2,1H3,(H,23,25)(H,24,26)/t16-,20+/m1/s1. The predicted molar refractivity (Wildman–Crippen MR) is 102 cm³/mol. The summed E-state index contributed by atoms with van der Waals surface area (Å²) in [5.74, 6) is -0.342. The Kier molecular flexibility index (Phi) is 6.60. The Hall–Kier alpha value is -2.93. The van der Waals surface area contributed by atoms with E-state index in [1.807, 2.05) is 18.2 Å². The fourth-order valence-corrected chi connectivity index (χ4v) is 3.19. The quantitative estimate of drug-likeness (QED) is 0.799. The number of carbonyl (C=O) groups is 2. The number of para-hydroxylation sites is 1. The molecule has 0 saturated carbocycles. The van der Waals surface area contributed by atoms with Crippen LogP contribution in [0.25, 0.3) is 0 Å². The Morgan fingerprint density at radius 1 is 1.18 bits per heavy atom. The van der Waals surface area contributed by atoms with Crippen LogP contribution in [0.5, 0.6) is 5.75 Å². The smallest absolute Gasteiger partial charge is 0.262 e. The van der Waals surface area contributed by atoms with Gasteiger partial charge in [0.2, 0.25) is 5.91 Å². The Morgan fingerprint density at radius 2 is 1.93 bits per heavy atom. The monoisotopic (exact) mass is 386 g/mol. The molecule has 2 aromatic carbocycles. The molecule has 2 atom stereocenters. The van der Waals surface area contributed by atoms with Crippen LogP contribution in [0.15, 0.2) is 48.5 Å². The molecule has 1 aliphatic heterocycles. The molecular formula is C21H23FN2O4. The molecule has 0 bridgehead atoms. The van der Waals surface area contributed by atoms with E-state index in [4.69, 9.17) is 9.47 Å². The number of benzene rings is 2. The van der Waals surface area contributed by atoms with Crippen LogP contribution >= 0.6 is 0 Å². The molecule has 2 amide bonds. The highest BCUT2D eigenvalue weighted by molar-refractivity contribution is 5.92. The lowest BCUT2D eigenvalue weighted by atomic mass is 9.96. The van der Waals surface area contributed by atoms with E-state index in [0.29, 0.717) is 24.5 Å². The van der Waals surface area contributed by atoms with Gasteiger partial charge in [0, 0.05) is 30.8 Å². The van der Waals surface area contributed by atoms with Gasteiger partial charge in [0.05, 0.1) is 6.10 Å². The third-order valence-corrected chi connectivity index (χ3v) is 4.46. The van der Waals surface area contributed by atoms with Crippen molar-refractivity contribution < 1.29 is 23.5 Å². The van der Waals surface area contributed by atoms with Gasteiger partial charge in [-0.15, -0.1) is 0 Å². The van der Waals surface area contributed by atoms with Crippen molar-refractivity contribution in [2.45, 2.75) is 31.9 Å². The molecule has 0 aliphatic carbocycles. The molecule has 3 rings (SSSR count).